The molecule has 1 aromatic rings. The van der Waals surface area contributed by atoms with Crippen molar-refractivity contribution in [3.8, 4) is 0 Å². The largest absolute Gasteiger partial charge is 0.338 e. The van der Waals surface area contributed by atoms with Crippen LogP contribution in [-0.4, -0.2) is 36.0 Å². The number of rotatable bonds is 2. The van der Waals surface area contributed by atoms with E-state index in [1.807, 2.05) is 17.0 Å². The molecule has 4 heteroatoms. The smallest absolute Gasteiger partial charge is 0.239 e. The van der Waals surface area contributed by atoms with Gasteiger partial charge in [-0.3, -0.25) is 4.79 Å². The zero-order chi connectivity index (χ0) is 14.1. The zero-order valence-corrected chi connectivity index (χ0v) is 11.8. The van der Waals surface area contributed by atoms with Gasteiger partial charge in [0.1, 0.15) is 5.82 Å². The fraction of sp³-hybridized carbons (Fsp3) is 0.562. The van der Waals surface area contributed by atoms with Crippen molar-refractivity contribution in [1.29, 1.82) is 0 Å². The lowest BCUT2D eigenvalue weighted by molar-refractivity contribution is -0.133. The average Bonchev–Trinajstić information content (AvgIpc) is 3.08. The normalized spacial score (nSPS) is 29.9. The molecule has 1 N–H and O–H groups in total. The van der Waals surface area contributed by atoms with Gasteiger partial charge in [-0.1, -0.05) is 12.1 Å². The highest BCUT2D eigenvalue weighted by molar-refractivity contribution is 5.82. The minimum absolute atomic E-state index is 0.00409. The van der Waals surface area contributed by atoms with Gasteiger partial charge >= 0.3 is 0 Å². The molecule has 3 nitrogen and oxygen atoms in total. The van der Waals surface area contributed by atoms with Gasteiger partial charge < -0.3 is 10.2 Å². The molecular weight excluding hydrogens is 255 g/mol. The predicted octanol–water partition coefficient (Wildman–Crippen LogP) is 2.28. The third-order valence-electron chi connectivity index (χ3n) is 4.56. The lowest BCUT2D eigenvalue weighted by Gasteiger charge is -2.25. The van der Waals surface area contributed by atoms with Crippen LogP contribution in [0, 0.1) is 5.82 Å². The Bertz CT molecular complexity index is 482. The van der Waals surface area contributed by atoms with Crippen molar-refractivity contribution in [2.24, 2.45) is 0 Å². The molecule has 2 fully saturated rings. The minimum atomic E-state index is -0.206. The number of halogens is 1. The first-order valence-corrected chi connectivity index (χ1v) is 7.44. The fourth-order valence-electron chi connectivity index (χ4n) is 3.41. The van der Waals surface area contributed by atoms with E-state index in [1.54, 1.807) is 0 Å². The van der Waals surface area contributed by atoms with Crippen LogP contribution in [0.2, 0.25) is 0 Å². The van der Waals surface area contributed by atoms with Crippen LogP contribution in [0.4, 0.5) is 4.39 Å². The second-order valence-corrected chi connectivity index (χ2v) is 5.97. The SMILES string of the molecule is C[C@H]1C[C@@H](c2ccc(F)cc2)CN1C(=O)[C@@H]1CCCN1. The van der Waals surface area contributed by atoms with Crippen molar-refractivity contribution in [1.82, 2.24) is 10.2 Å². The Labute approximate surface area is 119 Å². The summed E-state index contributed by atoms with van der Waals surface area (Å²) >= 11 is 0. The Morgan fingerprint density at radius 1 is 1.35 bits per heavy atom. The maximum absolute atomic E-state index is 13.0. The van der Waals surface area contributed by atoms with Gasteiger partial charge in [0, 0.05) is 18.5 Å². The molecule has 0 spiro atoms. The zero-order valence-electron chi connectivity index (χ0n) is 11.8. The predicted molar refractivity (Wildman–Crippen MR) is 76.0 cm³/mol. The summed E-state index contributed by atoms with van der Waals surface area (Å²) < 4.78 is 13.0. The number of nitrogens with one attached hydrogen (secondary N) is 1. The second kappa shape index (κ2) is 5.52. The maximum Gasteiger partial charge on any atom is 0.239 e. The van der Waals surface area contributed by atoms with Crippen LogP contribution in [0.5, 0.6) is 0 Å². The molecule has 3 atom stereocenters. The van der Waals surface area contributed by atoms with E-state index in [9.17, 15) is 9.18 Å². The van der Waals surface area contributed by atoms with Crippen LogP contribution >= 0.6 is 0 Å². The Balaban J connectivity index is 1.69. The molecule has 1 amide bonds. The van der Waals surface area contributed by atoms with Gasteiger partial charge in [0.15, 0.2) is 0 Å². The van der Waals surface area contributed by atoms with E-state index in [-0.39, 0.29) is 23.8 Å². The van der Waals surface area contributed by atoms with Gasteiger partial charge in [-0.25, -0.2) is 4.39 Å². The number of hydrogen-bond acceptors (Lipinski definition) is 2. The van der Waals surface area contributed by atoms with Crippen LogP contribution < -0.4 is 5.32 Å². The first kappa shape index (κ1) is 13.6. The van der Waals surface area contributed by atoms with E-state index in [4.69, 9.17) is 0 Å². The van der Waals surface area contributed by atoms with E-state index in [0.717, 1.165) is 37.9 Å². The molecule has 3 rings (SSSR count). The summed E-state index contributed by atoms with van der Waals surface area (Å²) in [6.07, 6.45) is 2.99. The summed E-state index contributed by atoms with van der Waals surface area (Å²) in [6, 6.07) is 6.96. The van der Waals surface area contributed by atoms with Gasteiger partial charge in [-0.2, -0.15) is 0 Å². The number of carbonyl (C=O) groups excluding carboxylic acids is 1. The molecule has 0 bridgehead atoms. The molecule has 2 heterocycles. The molecule has 0 radical (unpaired) electrons. The summed E-state index contributed by atoms with van der Waals surface area (Å²) in [6.45, 7) is 3.81. The monoisotopic (exact) mass is 276 g/mol. The van der Waals surface area contributed by atoms with Crippen molar-refractivity contribution in [2.75, 3.05) is 13.1 Å². The van der Waals surface area contributed by atoms with Crippen molar-refractivity contribution < 1.29 is 9.18 Å². The van der Waals surface area contributed by atoms with Crippen LogP contribution in [0.25, 0.3) is 0 Å². The summed E-state index contributed by atoms with van der Waals surface area (Å²) in [5, 5.41) is 3.28. The Morgan fingerprint density at radius 2 is 2.10 bits per heavy atom. The van der Waals surface area contributed by atoms with Crippen LogP contribution in [0.3, 0.4) is 0 Å². The standard InChI is InChI=1S/C16H21FN2O/c1-11-9-13(12-4-6-14(17)7-5-12)10-19(11)16(20)15-3-2-8-18-15/h4-7,11,13,15,18H,2-3,8-10H2,1H3/t11-,13+,15-/m0/s1. The number of amides is 1. The molecule has 108 valence electrons. The van der Waals surface area contributed by atoms with Gasteiger partial charge in [0.25, 0.3) is 0 Å². The summed E-state index contributed by atoms with van der Waals surface area (Å²) in [4.78, 5) is 14.5. The summed E-state index contributed by atoms with van der Waals surface area (Å²) in [5.41, 5.74) is 1.13. The number of nitrogens with zero attached hydrogens (tertiary/aromatic N) is 1. The van der Waals surface area contributed by atoms with E-state index < -0.39 is 0 Å². The third-order valence-corrected chi connectivity index (χ3v) is 4.56. The first-order chi connectivity index (χ1) is 9.65. The minimum Gasteiger partial charge on any atom is -0.338 e. The Hall–Kier alpha value is -1.42. The maximum atomic E-state index is 13.0. The van der Waals surface area contributed by atoms with Gasteiger partial charge in [-0.15, -0.1) is 0 Å². The molecule has 2 aliphatic heterocycles. The van der Waals surface area contributed by atoms with Gasteiger partial charge in [0.2, 0.25) is 5.91 Å². The van der Waals surface area contributed by atoms with Crippen LogP contribution in [0.1, 0.15) is 37.7 Å². The lowest BCUT2D eigenvalue weighted by Crippen LogP contribution is -2.45. The van der Waals surface area contributed by atoms with E-state index in [0.29, 0.717) is 5.92 Å². The van der Waals surface area contributed by atoms with Gasteiger partial charge in [0.05, 0.1) is 6.04 Å². The van der Waals surface area contributed by atoms with Crippen LogP contribution in [-0.2, 0) is 4.79 Å². The molecule has 0 saturated carbocycles. The summed E-state index contributed by atoms with van der Waals surface area (Å²) in [5.74, 6) is 0.360. The average molecular weight is 276 g/mol. The molecule has 20 heavy (non-hydrogen) atoms. The van der Waals surface area contributed by atoms with E-state index >= 15 is 0 Å². The van der Waals surface area contributed by atoms with Crippen molar-refractivity contribution >= 4 is 5.91 Å². The lowest BCUT2D eigenvalue weighted by atomic mass is 9.97. The number of benzene rings is 1. The number of hydrogen-bond donors (Lipinski definition) is 1. The van der Waals surface area contributed by atoms with Gasteiger partial charge in [-0.05, 0) is 50.4 Å². The molecule has 0 aromatic heterocycles. The highest BCUT2D eigenvalue weighted by atomic mass is 19.1. The Morgan fingerprint density at radius 3 is 2.75 bits per heavy atom. The topological polar surface area (TPSA) is 32.3 Å². The van der Waals surface area contributed by atoms with Crippen molar-refractivity contribution in [3.05, 3.63) is 35.6 Å². The number of carbonyl (C=O) groups is 1. The first-order valence-electron chi connectivity index (χ1n) is 7.44. The van der Waals surface area contributed by atoms with Crippen molar-refractivity contribution in [3.63, 3.8) is 0 Å². The van der Waals surface area contributed by atoms with Crippen molar-refractivity contribution in [2.45, 2.75) is 44.2 Å². The molecule has 0 unspecified atom stereocenters. The molecule has 0 aliphatic carbocycles. The highest BCUT2D eigenvalue weighted by Crippen LogP contribution is 2.32. The fourth-order valence-corrected chi connectivity index (χ4v) is 3.41. The quantitative estimate of drug-likeness (QED) is 0.899. The van der Waals surface area contributed by atoms with E-state index in [1.165, 1.54) is 12.1 Å². The Kier molecular flexibility index (Phi) is 3.74. The summed E-state index contributed by atoms with van der Waals surface area (Å²) in [7, 11) is 0. The third kappa shape index (κ3) is 2.57. The highest BCUT2D eigenvalue weighted by Gasteiger charge is 2.36. The number of likely N-dealkylation sites (tertiary alicyclic amines) is 1. The molecule has 2 saturated heterocycles. The molecule has 1 aromatic carbocycles. The molecular formula is C16H21FN2O. The van der Waals surface area contributed by atoms with Crippen LogP contribution in [0.15, 0.2) is 24.3 Å². The van der Waals surface area contributed by atoms with E-state index in [2.05, 4.69) is 12.2 Å². The second-order valence-electron chi connectivity index (χ2n) is 5.97. The molecule has 2 aliphatic rings.